The fraction of sp³-hybridized carbons (Fsp3) is 0.133. The lowest BCUT2D eigenvalue weighted by Gasteiger charge is -2.15. The SMILES string of the molecule is NC(=O)c1nc2nc(C(=O)NCc3cccc(Nc4c(N)c(=O)c4=O)c3)cc(C(=O)N[C@H]3CCc4cc(-c5noc(=O)[nH]5)ccc43)n2n1. The summed E-state index contributed by atoms with van der Waals surface area (Å²) in [6.07, 6.45) is 1.19. The van der Waals surface area contributed by atoms with Crippen LogP contribution in [-0.4, -0.2) is 47.4 Å². The highest BCUT2D eigenvalue weighted by Crippen LogP contribution is 2.33. The number of H-pyrrole nitrogens is 1. The second-order valence-corrected chi connectivity index (χ2v) is 10.9. The van der Waals surface area contributed by atoms with Gasteiger partial charge in [-0.05, 0) is 47.7 Å². The van der Waals surface area contributed by atoms with Crippen molar-refractivity contribution in [2.75, 3.05) is 11.1 Å². The summed E-state index contributed by atoms with van der Waals surface area (Å²) in [5, 5.41) is 16.2. The molecule has 6 aromatic rings. The summed E-state index contributed by atoms with van der Waals surface area (Å²) in [7, 11) is 0. The molecule has 3 heterocycles. The quantitative estimate of drug-likeness (QED) is 0.111. The molecule has 0 radical (unpaired) electrons. The third kappa shape index (κ3) is 5.31. The van der Waals surface area contributed by atoms with E-state index in [-0.39, 0.29) is 40.9 Å². The Morgan fingerprint density at radius 3 is 2.60 bits per heavy atom. The van der Waals surface area contributed by atoms with Crippen LogP contribution in [0.1, 0.15) is 60.7 Å². The van der Waals surface area contributed by atoms with Crippen molar-refractivity contribution in [3.63, 3.8) is 0 Å². The Bertz CT molecular complexity index is 2430. The molecule has 18 nitrogen and oxygen atoms in total. The van der Waals surface area contributed by atoms with Gasteiger partial charge >= 0.3 is 5.76 Å². The monoisotopic (exact) mass is 649 g/mol. The molecule has 0 bridgehead atoms. The summed E-state index contributed by atoms with van der Waals surface area (Å²) >= 11 is 0. The molecule has 48 heavy (non-hydrogen) atoms. The summed E-state index contributed by atoms with van der Waals surface area (Å²) < 4.78 is 5.62. The lowest BCUT2D eigenvalue weighted by molar-refractivity contribution is 0.0926. The first-order chi connectivity index (χ1) is 23.0. The van der Waals surface area contributed by atoms with E-state index >= 15 is 0 Å². The van der Waals surface area contributed by atoms with E-state index in [1.165, 1.54) is 6.07 Å². The van der Waals surface area contributed by atoms with Gasteiger partial charge in [0.15, 0.2) is 5.82 Å². The fourth-order valence-corrected chi connectivity index (χ4v) is 5.46. The van der Waals surface area contributed by atoms with Crippen molar-refractivity contribution in [1.29, 1.82) is 0 Å². The van der Waals surface area contributed by atoms with Crippen LogP contribution in [0.25, 0.3) is 17.2 Å². The van der Waals surface area contributed by atoms with E-state index in [4.69, 9.17) is 11.5 Å². The zero-order valence-electron chi connectivity index (χ0n) is 24.6. The summed E-state index contributed by atoms with van der Waals surface area (Å²) in [4.78, 5) is 84.0. The van der Waals surface area contributed by atoms with Crippen LogP contribution in [0.2, 0.25) is 0 Å². The summed E-state index contributed by atoms with van der Waals surface area (Å²) in [6, 6.07) is 12.9. The number of aryl methyl sites for hydroxylation is 1. The average molecular weight is 650 g/mol. The Labute approximate surface area is 266 Å². The van der Waals surface area contributed by atoms with E-state index in [2.05, 4.69) is 45.7 Å². The predicted octanol–water partition coefficient (Wildman–Crippen LogP) is -0.164. The minimum Gasteiger partial charge on any atom is -0.394 e. The van der Waals surface area contributed by atoms with Crippen LogP contribution in [0.15, 0.2) is 67.4 Å². The largest absolute Gasteiger partial charge is 0.439 e. The lowest BCUT2D eigenvalue weighted by Crippen LogP contribution is -2.36. The van der Waals surface area contributed by atoms with Gasteiger partial charge in [-0.1, -0.05) is 29.4 Å². The van der Waals surface area contributed by atoms with Crippen molar-refractivity contribution in [2.24, 2.45) is 5.73 Å². The van der Waals surface area contributed by atoms with Crippen molar-refractivity contribution in [3.05, 3.63) is 113 Å². The number of aromatic nitrogens is 6. The predicted molar refractivity (Wildman–Crippen MR) is 167 cm³/mol. The third-order valence-corrected chi connectivity index (χ3v) is 7.83. The number of nitrogens with two attached hydrogens (primary N) is 2. The lowest BCUT2D eigenvalue weighted by atomic mass is 10.0. The van der Waals surface area contributed by atoms with Gasteiger partial charge in [-0.3, -0.25) is 33.5 Å². The highest BCUT2D eigenvalue weighted by atomic mass is 16.5. The molecular weight excluding hydrogens is 626 g/mol. The molecule has 3 amide bonds. The molecule has 3 aromatic heterocycles. The Kier molecular flexibility index (Phi) is 7.07. The molecular formula is C30H23N11O7. The van der Waals surface area contributed by atoms with Gasteiger partial charge < -0.3 is 27.4 Å². The number of aromatic amines is 1. The van der Waals surface area contributed by atoms with Gasteiger partial charge in [-0.25, -0.2) is 9.78 Å². The van der Waals surface area contributed by atoms with Crippen LogP contribution in [0, 0.1) is 0 Å². The van der Waals surface area contributed by atoms with Crippen LogP contribution in [0.4, 0.5) is 17.1 Å². The second-order valence-electron chi connectivity index (χ2n) is 10.9. The number of nitrogen functional groups attached to an aromatic ring is 1. The van der Waals surface area contributed by atoms with Crippen molar-refractivity contribution in [1.82, 2.24) is 40.4 Å². The Hall–Kier alpha value is -6.98. The van der Waals surface area contributed by atoms with Gasteiger partial charge in [0.05, 0.1) is 6.04 Å². The van der Waals surface area contributed by atoms with E-state index in [1.54, 1.807) is 30.3 Å². The van der Waals surface area contributed by atoms with Gasteiger partial charge in [-0.15, -0.1) is 5.10 Å². The Morgan fingerprint density at radius 2 is 1.85 bits per heavy atom. The molecule has 240 valence electrons. The number of nitrogens with zero attached hydrogens (tertiary/aromatic N) is 5. The number of hydrogen-bond donors (Lipinski definition) is 6. The maximum atomic E-state index is 13.7. The number of rotatable bonds is 9. The van der Waals surface area contributed by atoms with Crippen LogP contribution >= 0.6 is 0 Å². The number of amides is 3. The van der Waals surface area contributed by atoms with E-state index in [9.17, 15) is 28.8 Å². The number of hydrogen-bond acceptors (Lipinski definition) is 13. The Morgan fingerprint density at radius 1 is 1.02 bits per heavy atom. The standard InChI is InChI=1S/C30H23N11O7/c31-20-21(23(43)22(20)42)34-15-3-1-2-12(8-15)11-33-27(45)18-10-19(41-29(36-18)37-26(39-41)24(32)44)28(46)35-17-7-5-13-9-14(4-6-16(13)17)25-38-30(47)48-40-25/h1-4,6,8-10,17,34H,5,7,11,31H2,(H2,32,44)(H,33,45)(H,35,46)(H,38,40,47)/t17-/m0/s1. The number of carbonyl (C=O) groups is 3. The molecule has 0 spiro atoms. The molecule has 0 saturated carbocycles. The van der Waals surface area contributed by atoms with E-state index < -0.39 is 46.2 Å². The minimum atomic E-state index is -0.953. The van der Waals surface area contributed by atoms with Crippen LogP contribution < -0.4 is 44.0 Å². The van der Waals surface area contributed by atoms with E-state index in [1.807, 2.05) is 12.1 Å². The van der Waals surface area contributed by atoms with Crippen molar-refractivity contribution < 1.29 is 18.9 Å². The molecule has 7 rings (SSSR count). The smallest absolute Gasteiger partial charge is 0.394 e. The van der Waals surface area contributed by atoms with Crippen molar-refractivity contribution >= 4 is 40.6 Å². The first kappa shape index (κ1) is 29.7. The van der Waals surface area contributed by atoms with Gasteiger partial charge in [0.1, 0.15) is 22.8 Å². The second kappa shape index (κ2) is 11.4. The molecule has 3 aromatic carbocycles. The number of fused-ring (bicyclic) bond motifs is 2. The highest BCUT2D eigenvalue weighted by Gasteiger charge is 2.28. The topological polar surface area (TPSA) is 275 Å². The summed E-state index contributed by atoms with van der Waals surface area (Å²) in [5.74, 6) is -3.21. The highest BCUT2D eigenvalue weighted by molar-refractivity contribution is 5.98. The van der Waals surface area contributed by atoms with Gasteiger partial charge in [0.25, 0.3) is 34.4 Å². The normalized spacial score (nSPS) is 13.8. The summed E-state index contributed by atoms with van der Waals surface area (Å²) in [6.45, 7) is 0.0203. The zero-order chi connectivity index (χ0) is 33.7. The molecule has 18 heteroatoms. The summed E-state index contributed by atoms with van der Waals surface area (Å²) in [5.41, 5.74) is 12.6. The number of benzene rings is 2. The molecule has 0 aliphatic heterocycles. The molecule has 1 aliphatic carbocycles. The van der Waals surface area contributed by atoms with Crippen LogP contribution in [0.5, 0.6) is 0 Å². The fourth-order valence-electron chi connectivity index (χ4n) is 5.46. The molecule has 1 atom stereocenters. The first-order valence-electron chi connectivity index (χ1n) is 14.4. The van der Waals surface area contributed by atoms with E-state index in [0.29, 0.717) is 29.7 Å². The van der Waals surface area contributed by atoms with Crippen LogP contribution in [0.3, 0.4) is 0 Å². The van der Waals surface area contributed by atoms with E-state index in [0.717, 1.165) is 15.6 Å². The number of carbonyl (C=O) groups excluding carboxylic acids is 3. The molecule has 1 aliphatic rings. The van der Waals surface area contributed by atoms with Crippen molar-refractivity contribution in [2.45, 2.75) is 25.4 Å². The first-order valence-corrected chi connectivity index (χ1v) is 14.4. The zero-order valence-corrected chi connectivity index (χ0v) is 24.6. The van der Waals surface area contributed by atoms with Crippen molar-refractivity contribution in [3.8, 4) is 11.4 Å². The maximum absolute atomic E-state index is 13.7. The van der Waals surface area contributed by atoms with Crippen LogP contribution in [-0.2, 0) is 13.0 Å². The van der Waals surface area contributed by atoms with Gasteiger partial charge in [0, 0.05) is 23.9 Å². The Balaban J connectivity index is 1.11. The number of anilines is 3. The van der Waals surface area contributed by atoms with Gasteiger partial charge in [-0.2, -0.15) is 9.50 Å². The average Bonchev–Trinajstić information content (AvgIpc) is 3.83. The van der Waals surface area contributed by atoms with Gasteiger partial charge in [0.2, 0.25) is 5.82 Å². The number of primary amides is 1. The minimum absolute atomic E-state index is 0.00286. The molecule has 0 unspecified atom stereocenters. The number of nitrogens with one attached hydrogen (secondary N) is 4. The molecule has 0 fully saturated rings. The molecule has 0 saturated heterocycles. The third-order valence-electron chi connectivity index (χ3n) is 7.83. The maximum Gasteiger partial charge on any atom is 0.439 e. The molecule has 8 N–H and O–H groups in total.